The number of thiophene rings is 1. The SMILES string of the molecule is CC(C)(C)[C@H]1CCc2c(sc3nc(C[NH+]4CC[NH2+]CC4)[nH]c(=O)c23)C1. The molecule has 0 amide bonds. The minimum atomic E-state index is 0.0784. The van der Waals surface area contributed by atoms with Crippen LogP contribution in [0.5, 0.6) is 0 Å². The lowest BCUT2D eigenvalue weighted by atomic mass is 9.72. The Morgan fingerprint density at radius 2 is 2.08 bits per heavy atom. The van der Waals surface area contributed by atoms with Crippen LogP contribution in [0.25, 0.3) is 10.2 Å². The standard InChI is InChI=1S/C19H28N4OS/c1-19(2,3)12-4-5-13-14(10-12)25-18-16(13)17(24)21-15(22-18)11-23-8-6-20-7-9-23/h12,20H,4-11H2,1-3H3,(H,21,22,24)/p+2/t12-/m0/s1. The molecule has 136 valence electrons. The predicted octanol–water partition coefficient (Wildman–Crippen LogP) is 0.0975. The van der Waals surface area contributed by atoms with E-state index in [-0.39, 0.29) is 5.56 Å². The van der Waals surface area contributed by atoms with E-state index < -0.39 is 0 Å². The average molecular weight is 363 g/mol. The van der Waals surface area contributed by atoms with E-state index in [1.54, 1.807) is 11.3 Å². The number of fused-ring (bicyclic) bond motifs is 3. The van der Waals surface area contributed by atoms with E-state index in [1.807, 2.05) is 0 Å². The number of nitrogens with one attached hydrogen (secondary N) is 2. The second kappa shape index (κ2) is 6.49. The fourth-order valence-electron chi connectivity index (χ4n) is 4.35. The molecule has 0 aromatic carbocycles. The molecule has 0 saturated carbocycles. The fraction of sp³-hybridized carbons (Fsp3) is 0.684. The Hall–Kier alpha value is -1.24. The Morgan fingerprint density at radius 3 is 2.80 bits per heavy atom. The van der Waals surface area contributed by atoms with Crippen molar-refractivity contribution in [2.75, 3.05) is 26.2 Å². The summed E-state index contributed by atoms with van der Waals surface area (Å²) in [5.41, 5.74) is 1.68. The van der Waals surface area contributed by atoms with Gasteiger partial charge in [0.05, 0.1) is 5.39 Å². The van der Waals surface area contributed by atoms with Crippen molar-refractivity contribution in [3.63, 3.8) is 0 Å². The maximum atomic E-state index is 12.7. The summed E-state index contributed by atoms with van der Waals surface area (Å²) in [6.45, 7) is 12.5. The quantitative estimate of drug-likeness (QED) is 0.709. The van der Waals surface area contributed by atoms with Gasteiger partial charge in [0.25, 0.3) is 5.56 Å². The zero-order valence-corrected chi connectivity index (χ0v) is 16.4. The first-order valence-corrected chi connectivity index (χ1v) is 10.4. The zero-order valence-electron chi connectivity index (χ0n) is 15.6. The third-order valence-corrected chi connectivity index (χ3v) is 7.16. The van der Waals surface area contributed by atoms with E-state index in [0.29, 0.717) is 11.3 Å². The van der Waals surface area contributed by atoms with Crippen LogP contribution in [0.1, 0.15) is 43.5 Å². The molecule has 6 heteroatoms. The number of nitrogens with zero attached hydrogens (tertiary/aromatic N) is 1. The smallest absolute Gasteiger partial charge is 0.260 e. The van der Waals surface area contributed by atoms with Crippen LogP contribution in [-0.4, -0.2) is 36.1 Å². The summed E-state index contributed by atoms with van der Waals surface area (Å²) in [5.74, 6) is 1.56. The number of hydrogen-bond donors (Lipinski definition) is 3. The third kappa shape index (κ3) is 3.39. The number of quaternary nitrogens is 2. The molecule has 5 nitrogen and oxygen atoms in total. The van der Waals surface area contributed by atoms with Crippen molar-refractivity contribution in [3.8, 4) is 0 Å². The topological polar surface area (TPSA) is 66.8 Å². The number of hydrogen-bond acceptors (Lipinski definition) is 3. The van der Waals surface area contributed by atoms with Gasteiger partial charge in [-0.25, -0.2) is 4.98 Å². The van der Waals surface area contributed by atoms with Crippen LogP contribution in [0.3, 0.4) is 0 Å². The van der Waals surface area contributed by atoms with Gasteiger partial charge in [-0.3, -0.25) is 4.79 Å². The van der Waals surface area contributed by atoms with Crippen LogP contribution in [0.4, 0.5) is 0 Å². The highest BCUT2D eigenvalue weighted by atomic mass is 32.1. The Kier molecular flexibility index (Phi) is 4.46. The first-order valence-electron chi connectivity index (χ1n) is 9.60. The second-order valence-electron chi connectivity index (χ2n) is 8.80. The van der Waals surface area contributed by atoms with Crippen molar-refractivity contribution < 1.29 is 10.2 Å². The molecule has 0 spiro atoms. The molecule has 0 unspecified atom stereocenters. The summed E-state index contributed by atoms with van der Waals surface area (Å²) in [4.78, 5) is 24.6. The van der Waals surface area contributed by atoms with E-state index in [0.717, 1.165) is 48.5 Å². The molecular weight excluding hydrogens is 332 g/mol. The van der Waals surface area contributed by atoms with Gasteiger partial charge in [-0.2, -0.15) is 0 Å². The molecule has 4 N–H and O–H groups in total. The van der Waals surface area contributed by atoms with E-state index in [4.69, 9.17) is 4.98 Å². The molecule has 1 atom stereocenters. The number of aromatic amines is 1. The van der Waals surface area contributed by atoms with Crippen molar-refractivity contribution in [1.82, 2.24) is 9.97 Å². The second-order valence-corrected chi connectivity index (χ2v) is 9.88. The number of aromatic nitrogens is 2. The van der Waals surface area contributed by atoms with Gasteiger partial charge < -0.3 is 15.2 Å². The molecule has 1 aliphatic heterocycles. The molecule has 1 fully saturated rings. The van der Waals surface area contributed by atoms with Crippen LogP contribution >= 0.6 is 11.3 Å². The molecule has 2 aromatic rings. The summed E-state index contributed by atoms with van der Waals surface area (Å²) >= 11 is 1.76. The molecule has 0 radical (unpaired) electrons. The first kappa shape index (κ1) is 17.2. The normalized spacial score (nSPS) is 22.3. The lowest BCUT2D eigenvalue weighted by Crippen LogP contribution is -3.19. The Balaban J connectivity index is 1.65. The molecule has 1 saturated heterocycles. The molecule has 1 aliphatic carbocycles. The highest BCUT2D eigenvalue weighted by Crippen LogP contribution is 2.41. The van der Waals surface area contributed by atoms with Crippen molar-refractivity contribution in [1.29, 1.82) is 0 Å². The minimum Gasteiger partial charge on any atom is -0.337 e. The molecule has 0 bridgehead atoms. The largest absolute Gasteiger partial charge is 0.337 e. The lowest BCUT2D eigenvalue weighted by molar-refractivity contribution is -0.958. The van der Waals surface area contributed by atoms with E-state index in [1.165, 1.54) is 34.9 Å². The third-order valence-electron chi connectivity index (χ3n) is 6.01. The van der Waals surface area contributed by atoms with Gasteiger partial charge in [0.1, 0.15) is 37.6 Å². The zero-order chi connectivity index (χ0) is 17.6. The monoisotopic (exact) mass is 362 g/mol. The molecule has 25 heavy (non-hydrogen) atoms. The number of piperazine rings is 1. The minimum absolute atomic E-state index is 0.0784. The van der Waals surface area contributed by atoms with Crippen molar-refractivity contribution in [2.24, 2.45) is 11.3 Å². The maximum absolute atomic E-state index is 12.7. The van der Waals surface area contributed by atoms with Gasteiger partial charge in [0, 0.05) is 4.88 Å². The van der Waals surface area contributed by atoms with Crippen molar-refractivity contribution >= 4 is 21.6 Å². The molecule has 2 aromatic heterocycles. The molecule has 4 rings (SSSR count). The van der Waals surface area contributed by atoms with Crippen LogP contribution in [-0.2, 0) is 19.4 Å². The first-order chi connectivity index (χ1) is 11.9. The van der Waals surface area contributed by atoms with Crippen LogP contribution in [0.2, 0.25) is 0 Å². The van der Waals surface area contributed by atoms with Crippen LogP contribution in [0, 0.1) is 11.3 Å². The molecule has 2 aliphatic rings. The van der Waals surface area contributed by atoms with Crippen LogP contribution < -0.4 is 15.8 Å². The maximum Gasteiger partial charge on any atom is 0.260 e. The van der Waals surface area contributed by atoms with Crippen LogP contribution in [0.15, 0.2) is 4.79 Å². The van der Waals surface area contributed by atoms with Gasteiger partial charge in [-0.05, 0) is 36.2 Å². The Bertz CT molecular complexity index is 826. The predicted molar refractivity (Wildman–Crippen MR) is 101 cm³/mol. The number of aryl methyl sites for hydroxylation is 1. The fourth-order valence-corrected chi connectivity index (χ4v) is 5.67. The summed E-state index contributed by atoms with van der Waals surface area (Å²) in [6, 6.07) is 0. The average Bonchev–Trinajstić information content (AvgIpc) is 2.92. The van der Waals surface area contributed by atoms with E-state index in [9.17, 15) is 4.79 Å². The van der Waals surface area contributed by atoms with Gasteiger partial charge in [0.2, 0.25) is 0 Å². The van der Waals surface area contributed by atoms with E-state index in [2.05, 4.69) is 31.1 Å². The Labute approximate surface area is 152 Å². The number of nitrogens with two attached hydrogens (primary N) is 1. The lowest BCUT2D eigenvalue weighted by Gasteiger charge is -2.33. The van der Waals surface area contributed by atoms with Gasteiger partial charge in [-0.1, -0.05) is 20.8 Å². The summed E-state index contributed by atoms with van der Waals surface area (Å²) < 4.78 is 0. The Morgan fingerprint density at radius 1 is 1.32 bits per heavy atom. The highest BCUT2D eigenvalue weighted by Gasteiger charge is 2.31. The number of rotatable bonds is 2. The van der Waals surface area contributed by atoms with Crippen molar-refractivity contribution in [2.45, 2.75) is 46.6 Å². The van der Waals surface area contributed by atoms with Gasteiger partial charge in [-0.15, -0.1) is 11.3 Å². The van der Waals surface area contributed by atoms with Gasteiger partial charge >= 0.3 is 0 Å². The van der Waals surface area contributed by atoms with Crippen molar-refractivity contribution in [3.05, 3.63) is 26.6 Å². The summed E-state index contributed by atoms with van der Waals surface area (Å²) in [7, 11) is 0. The number of H-pyrrole nitrogens is 1. The molecular formula is C19H30N4OS+2. The van der Waals surface area contributed by atoms with Gasteiger partial charge in [0.15, 0.2) is 5.82 Å². The molecule has 3 heterocycles. The summed E-state index contributed by atoms with van der Waals surface area (Å²) in [6.07, 6.45) is 3.30. The summed E-state index contributed by atoms with van der Waals surface area (Å²) in [5, 5.41) is 3.24. The van der Waals surface area contributed by atoms with E-state index >= 15 is 0 Å². The highest BCUT2D eigenvalue weighted by molar-refractivity contribution is 7.18.